The molecule has 2 amide bonds. The van der Waals surface area contributed by atoms with E-state index in [1.54, 1.807) is 12.1 Å². The Hall–Kier alpha value is -2.70. The normalized spacial score (nSPS) is 15.8. The molecule has 1 saturated carbocycles. The van der Waals surface area contributed by atoms with Crippen molar-refractivity contribution < 1.29 is 23.9 Å². The first-order chi connectivity index (χ1) is 11.9. The lowest BCUT2D eigenvalue weighted by Gasteiger charge is -2.34. The van der Waals surface area contributed by atoms with Gasteiger partial charge in [-0.05, 0) is 18.9 Å². The first-order valence-electron chi connectivity index (χ1n) is 8.21. The highest BCUT2D eigenvalue weighted by Gasteiger charge is 2.43. The first-order valence-corrected chi connectivity index (χ1v) is 8.21. The lowest BCUT2D eigenvalue weighted by molar-refractivity contribution is -0.152. The zero-order valence-corrected chi connectivity index (χ0v) is 14.4. The van der Waals surface area contributed by atoms with E-state index < -0.39 is 29.1 Å². The fraction of sp³-hybridized carbons (Fsp3) is 0.444. The molecule has 1 aliphatic carbocycles. The molecular formula is C18H22N2O5. The zero-order valence-electron chi connectivity index (χ0n) is 14.4. The maximum absolute atomic E-state index is 12.6. The third-order valence-corrected chi connectivity index (χ3v) is 4.49. The standard InChI is InChI=1S/C18H22N2O5/c1-19-15(22)13-9-5-4-8-12(13)14(21)16(23)20-18(17(24)25-2)10-6-3-7-11-18/h4-5,8-9H,3,6-7,10-11H2,1-2H3,(H,19,22)(H,20,23). The molecule has 0 unspecified atom stereocenters. The third-order valence-electron chi connectivity index (χ3n) is 4.49. The number of ketones is 1. The van der Waals surface area contributed by atoms with E-state index >= 15 is 0 Å². The Kier molecular flexibility index (Phi) is 5.90. The molecule has 2 rings (SSSR count). The molecule has 0 aliphatic heterocycles. The predicted molar refractivity (Wildman–Crippen MR) is 90.1 cm³/mol. The van der Waals surface area contributed by atoms with Crippen LogP contribution in [-0.4, -0.2) is 43.3 Å². The molecule has 7 heteroatoms. The molecule has 0 aromatic heterocycles. The van der Waals surface area contributed by atoms with E-state index in [-0.39, 0.29) is 11.1 Å². The van der Waals surface area contributed by atoms with Gasteiger partial charge in [0, 0.05) is 12.6 Å². The first kappa shape index (κ1) is 18.6. The second-order valence-corrected chi connectivity index (χ2v) is 6.04. The highest BCUT2D eigenvalue weighted by molar-refractivity contribution is 6.44. The molecule has 2 N–H and O–H groups in total. The van der Waals surface area contributed by atoms with Crippen LogP contribution in [0.5, 0.6) is 0 Å². The molecule has 0 spiro atoms. The second-order valence-electron chi connectivity index (χ2n) is 6.04. The SMILES string of the molecule is CNC(=O)c1ccccc1C(=O)C(=O)NC1(C(=O)OC)CCCCC1. The summed E-state index contributed by atoms with van der Waals surface area (Å²) in [7, 11) is 2.70. The third kappa shape index (κ3) is 3.87. The van der Waals surface area contributed by atoms with Gasteiger partial charge in [0.25, 0.3) is 17.6 Å². The van der Waals surface area contributed by atoms with E-state index in [9.17, 15) is 19.2 Å². The lowest BCUT2D eigenvalue weighted by Crippen LogP contribution is -2.57. The fourth-order valence-electron chi connectivity index (χ4n) is 3.14. The van der Waals surface area contributed by atoms with Crippen LogP contribution < -0.4 is 10.6 Å². The van der Waals surface area contributed by atoms with E-state index in [2.05, 4.69) is 10.6 Å². The zero-order chi connectivity index (χ0) is 18.4. The Labute approximate surface area is 146 Å². The Morgan fingerprint density at radius 2 is 1.60 bits per heavy atom. The van der Waals surface area contributed by atoms with Gasteiger partial charge in [0.2, 0.25) is 0 Å². The number of esters is 1. The summed E-state index contributed by atoms with van der Waals surface area (Å²) < 4.78 is 4.83. The average molecular weight is 346 g/mol. The number of nitrogens with one attached hydrogen (secondary N) is 2. The van der Waals surface area contributed by atoms with Crippen molar-refractivity contribution >= 4 is 23.6 Å². The van der Waals surface area contributed by atoms with Gasteiger partial charge in [-0.25, -0.2) is 4.79 Å². The highest BCUT2D eigenvalue weighted by atomic mass is 16.5. The number of rotatable bonds is 5. The van der Waals surface area contributed by atoms with Crippen molar-refractivity contribution in [3.05, 3.63) is 35.4 Å². The van der Waals surface area contributed by atoms with Crippen molar-refractivity contribution in [3.8, 4) is 0 Å². The number of carbonyl (C=O) groups is 4. The molecular weight excluding hydrogens is 324 g/mol. The summed E-state index contributed by atoms with van der Waals surface area (Å²) in [6.45, 7) is 0. The van der Waals surface area contributed by atoms with Crippen molar-refractivity contribution in [2.75, 3.05) is 14.2 Å². The maximum atomic E-state index is 12.6. The van der Waals surface area contributed by atoms with Crippen LogP contribution in [0.4, 0.5) is 0 Å². The molecule has 1 fully saturated rings. The lowest BCUT2D eigenvalue weighted by atomic mass is 9.81. The van der Waals surface area contributed by atoms with Crippen LogP contribution in [0, 0.1) is 0 Å². The van der Waals surface area contributed by atoms with Gasteiger partial charge >= 0.3 is 5.97 Å². The van der Waals surface area contributed by atoms with Crippen LogP contribution in [0.15, 0.2) is 24.3 Å². The van der Waals surface area contributed by atoms with Gasteiger partial charge in [-0.3, -0.25) is 14.4 Å². The highest BCUT2D eigenvalue weighted by Crippen LogP contribution is 2.29. The van der Waals surface area contributed by atoms with Crippen LogP contribution in [0.2, 0.25) is 0 Å². The molecule has 25 heavy (non-hydrogen) atoms. The Balaban J connectivity index is 2.27. The monoisotopic (exact) mass is 346 g/mol. The second kappa shape index (κ2) is 7.92. The number of methoxy groups -OCH3 is 1. The van der Waals surface area contributed by atoms with E-state index in [0.29, 0.717) is 12.8 Å². The molecule has 1 aliphatic rings. The van der Waals surface area contributed by atoms with Gasteiger partial charge < -0.3 is 15.4 Å². The summed E-state index contributed by atoms with van der Waals surface area (Å²) in [5.74, 6) is -2.78. The van der Waals surface area contributed by atoms with Crippen molar-refractivity contribution in [1.82, 2.24) is 10.6 Å². The molecule has 0 saturated heterocycles. The van der Waals surface area contributed by atoms with Crippen LogP contribution >= 0.6 is 0 Å². The molecule has 134 valence electrons. The van der Waals surface area contributed by atoms with E-state index in [4.69, 9.17) is 4.74 Å². The van der Waals surface area contributed by atoms with Crippen LogP contribution in [-0.2, 0) is 14.3 Å². The number of carbonyl (C=O) groups excluding carboxylic acids is 4. The van der Waals surface area contributed by atoms with E-state index in [1.165, 1.54) is 26.3 Å². The fourth-order valence-corrected chi connectivity index (χ4v) is 3.14. The minimum Gasteiger partial charge on any atom is -0.467 e. The topological polar surface area (TPSA) is 102 Å². The predicted octanol–water partition coefficient (Wildman–Crippen LogP) is 1.22. The molecule has 1 aromatic carbocycles. The van der Waals surface area contributed by atoms with E-state index in [0.717, 1.165) is 19.3 Å². The smallest absolute Gasteiger partial charge is 0.331 e. The van der Waals surface area contributed by atoms with Gasteiger partial charge in [0.15, 0.2) is 0 Å². The van der Waals surface area contributed by atoms with Gasteiger partial charge in [0.05, 0.1) is 12.7 Å². The Bertz CT molecular complexity index is 692. The van der Waals surface area contributed by atoms with Crippen LogP contribution in [0.3, 0.4) is 0 Å². The van der Waals surface area contributed by atoms with E-state index in [1.807, 2.05) is 0 Å². The largest absolute Gasteiger partial charge is 0.467 e. The average Bonchev–Trinajstić information content (AvgIpc) is 2.66. The number of benzene rings is 1. The van der Waals surface area contributed by atoms with Crippen LogP contribution in [0.25, 0.3) is 0 Å². The minimum atomic E-state index is -1.18. The number of ether oxygens (including phenoxy) is 1. The number of amides is 2. The van der Waals surface area contributed by atoms with Crippen molar-refractivity contribution in [3.63, 3.8) is 0 Å². The summed E-state index contributed by atoms with van der Waals surface area (Å²) in [5.41, 5.74) is -1.07. The molecule has 1 aromatic rings. The van der Waals surface area contributed by atoms with Gasteiger partial charge in [-0.2, -0.15) is 0 Å². The summed E-state index contributed by atoms with van der Waals surface area (Å²) >= 11 is 0. The molecule has 0 bridgehead atoms. The van der Waals surface area contributed by atoms with Crippen LogP contribution in [0.1, 0.15) is 52.8 Å². The summed E-state index contributed by atoms with van der Waals surface area (Å²) in [5, 5.41) is 5.01. The minimum absolute atomic E-state index is 0.00447. The van der Waals surface area contributed by atoms with Crippen molar-refractivity contribution in [2.45, 2.75) is 37.6 Å². The van der Waals surface area contributed by atoms with Gasteiger partial charge in [-0.1, -0.05) is 37.5 Å². The molecule has 0 heterocycles. The van der Waals surface area contributed by atoms with Crippen molar-refractivity contribution in [1.29, 1.82) is 0 Å². The summed E-state index contributed by atoms with van der Waals surface area (Å²) in [4.78, 5) is 49.2. The number of hydrogen-bond acceptors (Lipinski definition) is 5. The summed E-state index contributed by atoms with van der Waals surface area (Å²) in [6, 6.07) is 6.06. The van der Waals surface area contributed by atoms with Gasteiger partial charge in [0.1, 0.15) is 5.54 Å². The van der Waals surface area contributed by atoms with Gasteiger partial charge in [-0.15, -0.1) is 0 Å². The quantitative estimate of drug-likeness (QED) is 0.474. The molecule has 0 atom stereocenters. The van der Waals surface area contributed by atoms with Crippen molar-refractivity contribution in [2.24, 2.45) is 0 Å². The number of hydrogen-bond donors (Lipinski definition) is 2. The molecule has 7 nitrogen and oxygen atoms in total. The summed E-state index contributed by atoms with van der Waals surface area (Å²) in [6.07, 6.45) is 3.34. The Morgan fingerprint density at radius 3 is 2.16 bits per heavy atom. The Morgan fingerprint density at radius 1 is 1.00 bits per heavy atom. The maximum Gasteiger partial charge on any atom is 0.331 e. The number of Topliss-reactive ketones (excluding diaryl/α,β-unsaturated/α-hetero) is 1. The molecule has 0 radical (unpaired) electrons.